The number of benzene rings is 1. The Kier molecular flexibility index (Phi) is 7.23. The van der Waals surface area contributed by atoms with Gasteiger partial charge in [0.1, 0.15) is 11.2 Å². The number of carbonyl (C=O) groups is 2. The number of amides is 1. The number of nitrogens with zero attached hydrogens (tertiary/aromatic N) is 2. The number of carboxylic acids is 1. The van der Waals surface area contributed by atoms with Gasteiger partial charge < -0.3 is 24.0 Å². The van der Waals surface area contributed by atoms with Gasteiger partial charge in [0.15, 0.2) is 0 Å². The molecule has 1 N–H and O–H groups in total. The summed E-state index contributed by atoms with van der Waals surface area (Å²) in [6.07, 6.45) is 3.34. The van der Waals surface area contributed by atoms with E-state index in [9.17, 15) is 19.5 Å². The molecule has 1 atom stereocenters. The lowest BCUT2D eigenvalue weighted by Crippen LogP contribution is -2.36. The summed E-state index contributed by atoms with van der Waals surface area (Å²) in [6.45, 7) is 9.73. The van der Waals surface area contributed by atoms with E-state index in [4.69, 9.17) is 9.47 Å². The Morgan fingerprint density at radius 1 is 1.25 bits per heavy atom. The van der Waals surface area contributed by atoms with Gasteiger partial charge in [-0.25, -0.2) is 9.59 Å². The van der Waals surface area contributed by atoms with Crippen molar-refractivity contribution < 1.29 is 24.2 Å². The highest BCUT2D eigenvalue weighted by Crippen LogP contribution is 2.19. The van der Waals surface area contributed by atoms with Gasteiger partial charge in [0.25, 0.3) is 0 Å². The molecule has 2 heterocycles. The van der Waals surface area contributed by atoms with Crippen molar-refractivity contribution in [1.29, 1.82) is 0 Å². The predicted molar refractivity (Wildman–Crippen MR) is 121 cm³/mol. The average molecular weight is 445 g/mol. The van der Waals surface area contributed by atoms with Crippen LogP contribution in [0.3, 0.4) is 0 Å². The molecule has 1 amide bonds. The number of aromatic carboxylic acids is 1. The largest absolute Gasteiger partial charge is 0.477 e. The second-order valence-electron chi connectivity index (χ2n) is 9.13. The molecule has 0 unspecified atom stereocenters. The van der Waals surface area contributed by atoms with E-state index >= 15 is 0 Å². The lowest BCUT2D eigenvalue weighted by atomic mass is 10.0. The maximum Gasteiger partial charge on any atom is 0.410 e. The smallest absolute Gasteiger partial charge is 0.410 e. The van der Waals surface area contributed by atoms with Crippen LogP contribution in [0, 0.1) is 0 Å². The Balaban J connectivity index is 1.56. The fraction of sp³-hybridized carbons (Fsp3) is 0.542. The maximum atomic E-state index is 12.6. The summed E-state index contributed by atoms with van der Waals surface area (Å²) in [6, 6.07) is 5.63. The van der Waals surface area contributed by atoms with Crippen LogP contribution in [0.25, 0.3) is 10.9 Å². The maximum absolute atomic E-state index is 12.6. The van der Waals surface area contributed by atoms with Crippen LogP contribution in [-0.2, 0) is 22.4 Å². The van der Waals surface area contributed by atoms with E-state index in [0.29, 0.717) is 38.0 Å². The first-order chi connectivity index (χ1) is 15.1. The average Bonchev–Trinajstić information content (AvgIpc) is 3.19. The van der Waals surface area contributed by atoms with Crippen molar-refractivity contribution in [2.75, 3.05) is 19.7 Å². The zero-order valence-corrected chi connectivity index (χ0v) is 19.2. The fourth-order valence-electron chi connectivity index (χ4n) is 3.90. The molecule has 1 aliphatic heterocycles. The fourth-order valence-corrected chi connectivity index (χ4v) is 3.90. The van der Waals surface area contributed by atoms with E-state index in [1.54, 1.807) is 15.5 Å². The molecular weight excluding hydrogens is 412 g/mol. The predicted octanol–water partition coefficient (Wildman–Crippen LogP) is 3.68. The molecule has 3 rings (SSSR count). The number of rotatable bonds is 7. The number of aryl methyl sites for hydroxylation is 2. The Hall–Kier alpha value is -2.87. The van der Waals surface area contributed by atoms with E-state index in [0.717, 1.165) is 23.9 Å². The van der Waals surface area contributed by atoms with Gasteiger partial charge in [0.2, 0.25) is 5.43 Å². The molecule has 1 fully saturated rings. The van der Waals surface area contributed by atoms with Crippen LogP contribution in [0.1, 0.15) is 56.5 Å². The molecule has 0 radical (unpaired) electrons. The minimum absolute atomic E-state index is 0.00555. The number of hydrogen-bond donors (Lipinski definition) is 1. The number of fused-ring (bicyclic) bond motifs is 1. The van der Waals surface area contributed by atoms with E-state index in [1.165, 1.54) is 6.20 Å². The Labute approximate surface area is 187 Å². The highest BCUT2D eigenvalue weighted by atomic mass is 16.6. The standard InChI is InChI=1S/C24H32N2O6/c1-5-25-15-19(22(28)29)21(27)18-13-16(8-9-20(18)25)7-6-12-31-17-10-11-26(14-17)23(30)32-24(2,3)4/h8-9,13,15,17H,5-7,10-12,14H2,1-4H3,(H,28,29)/t17-/m1/s1. The van der Waals surface area contributed by atoms with Crippen LogP contribution >= 0.6 is 0 Å². The molecule has 32 heavy (non-hydrogen) atoms. The summed E-state index contributed by atoms with van der Waals surface area (Å²) in [5.74, 6) is -1.21. The second-order valence-corrected chi connectivity index (χ2v) is 9.13. The van der Waals surface area contributed by atoms with Gasteiger partial charge >= 0.3 is 12.1 Å². The first-order valence-electron chi connectivity index (χ1n) is 11.1. The van der Waals surface area contributed by atoms with Crippen molar-refractivity contribution in [3.05, 3.63) is 45.7 Å². The van der Waals surface area contributed by atoms with Gasteiger partial charge in [-0.15, -0.1) is 0 Å². The summed E-state index contributed by atoms with van der Waals surface area (Å²) in [4.78, 5) is 37.9. The van der Waals surface area contributed by atoms with Gasteiger partial charge in [-0.1, -0.05) is 6.07 Å². The molecule has 1 aromatic heterocycles. The van der Waals surface area contributed by atoms with Crippen molar-refractivity contribution in [2.24, 2.45) is 0 Å². The molecule has 1 aromatic carbocycles. The summed E-state index contributed by atoms with van der Waals surface area (Å²) in [5.41, 5.74) is 0.515. The minimum Gasteiger partial charge on any atom is -0.477 e. The van der Waals surface area contributed by atoms with Crippen LogP contribution in [-0.4, -0.2) is 58.0 Å². The number of hydrogen-bond acceptors (Lipinski definition) is 5. The number of pyridine rings is 1. The van der Waals surface area contributed by atoms with Gasteiger partial charge in [-0.05, 0) is 64.7 Å². The van der Waals surface area contributed by atoms with Crippen LogP contribution in [0.4, 0.5) is 4.79 Å². The van der Waals surface area contributed by atoms with Gasteiger partial charge in [-0.2, -0.15) is 0 Å². The normalized spacial score (nSPS) is 16.5. The third-order valence-corrected chi connectivity index (χ3v) is 5.48. The van der Waals surface area contributed by atoms with Gasteiger partial charge in [0.05, 0.1) is 18.2 Å². The van der Waals surface area contributed by atoms with Crippen molar-refractivity contribution in [1.82, 2.24) is 9.47 Å². The highest BCUT2D eigenvalue weighted by Gasteiger charge is 2.30. The first kappa shape index (κ1) is 23.8. The zero-order chi connectivity index (χ0) is 23.5. The number of aromatic nitrogens is 1. The molecule has 1 saturated heterocycles. The van der Waals surface area contributed by atoms with E-state index < -0.39 is 17.0 Å². The summed E-state index contributed by atoms with van der Waals surface area (Å²) >= 11 is 0. The monoisotopic (exact) mass is 444 g/mol. The minimum atomic E-state index is -1.21. The molecule has 1 aliphatic rings. The molecule has 8 nitrogen and oxygen atoms in total. The van der Waals surface area contributed by atoms with Crippen molar-refractivity contribution in [3.63, 3.8) is 0 Å². The quantitative estimate of drug-likeness (QED) is 0.654. The third-order valence-electron chi connectivity index (χ3n) is 5.48. The van der Waals surface area contributed by atoms with Crippen LogP contribution in [0.5, 0.6) is 0 Å². The topological polar surface area (TPSA) is 98.1 Å². The SMILES string of the molecule is CCn1cc(C(=O)O)c(=O)c2cc(CCCO[C@@H]3CCN(C(=O)OC(C)(C)C)C3)ccc21. The molecule has 0 spiro atoms. The van der Waals surface area contributed by atoms with Crippen LogP contribution < -0.4 is 5.43 Å². The Morgan fingerprint density at radius 2 is 2.00 bits per heavy atom. The number of ether oxygens (including phenoxy) is 2. The lowest BCUT2D eigenvalue weighted by molar-refractivity contribution is 0.0208. The van der Waals surface area contributed by atoms with Gasteiger partial charge in [0, 0.05) is 31.3 Å². The van der Waals surface area contributed by atoms with Gasteiger partial charge in [-0.3, -0.25) is 4.79 Å². The van der Waals surface area contributed by atoms with Crippen molar-refractivity contribution >= 4 is 23.0 Å². The van der Waals surface area contributed by atoms with E-state index in [-0.39, 0.29) is 17.8 Å². The Morgan fingerprint density at radius 3 is 2.66 bits per heavy atom. The molecule has 0 aliphatic carbocycles. The summed E-state index contributed by atoms with van der Waals surface area (Å²) < 4.78 is 13.1. The molecule has 0 bridgehead atoms. The number of likely N-dealkylation sites (tertiary alicyclic amines) is 1. The highest BCUT2D eigenvalue weighted by molar-refractivity contribution is 5.92. The second kappa shape index (κ2) is 9.73. The van der Waals surface area contributed by atoms with Crippen molar-refractivity contribution in [2.45, 2.75) is 65.2 Å². The van der Waals surface area contributed by atoms with Crippen LogP contribution in [0.15, 0.2) is 29.2 Å². The first-order valence-corrected chi connectivity index (χ1v) is 11.1. The van der Waals surface area contributed by atoms with E-state index in [2.05, 4.69) is 0 Å². The molecule has 2 aromatic rings. The number of carbonyl (C=O) groups excluding carboxylic acids is 1. The lowest BCUT2D eigenvalue weighted by Gasteiger charge is -2.24. The van der Waals surface area contributed by atoms with E-state index in [1.807, 2.05) is 39.8 Å². The number of carboxylic acid groups (broad SMARTS) is 1. The molecular formula is C24H32N2O6. The van der Waals surface area contributed by atoms with Crippen LogP contribution in [0.2, 0.25) is 0 Å². The molecule has 174 valence electrons. The molecule has 0 saturated carbocycles. The summed E-state index contributed by atoms with van der Waals surface area (Å²) in [7, 11) is 0. The Bertz CT molecular complexity index is 1050. The molecule has 8 heteroatoms. The van der Waals surface area contributed by atoms with Crippen molar-refractivity contribution in [3.8, 4) is 0 Å². The third kappa shape index (κ3) is 5.68. The summed E-state index contributed by atoms with van der Waals surface area (Å²) in [5, 5.41) is 9.76. The zero-order valence-electron chi connectivity index (χ0n) is 19.2.